The van der Waals surface area contributed by atoms with Gasteiger partial charge < -0.3 is 10.2 Å². The Balaban J connectivity index is 1.27. The number of nitrogens with one attached hydrogen (secondary N) is 2. The first kappa shape index (κ1) is 15.1. The summed E-state index contributed by atoms with van der Waals surface area (Å²) in [5.74, 6) is 2.54. The minimum atomic E-state index is -0.0450. The van der Waals surface area contributed by atoms with Gasteiger partial charge >= 0.3 is 6.03 Å². The lowest BCUT2D eigenvalue weighted by Crippen LogP contribution is -2.60. The van der Waals surface area contributed by atoms with Crippen molar-refractivity contribution in [2.45, 2.75) is 57.0 Å². The van der Waals surface area contributed by atoms with Gasteiger partial charge in [-0.25, -0.2) is 9.78 Å². The quantitative estimate of drug-likeness (QED) is 0.864. The van der Waals surface area contributed by atoms with Gasteiger partial charge in [0.1, 0.15) is 0 Å². The van der Waals surface area contributed by atoms with Crippen molar-refractivity contribution in [2.75, 3.05) is 18.9 Å². The maximum absolute atomic E-state index is 12.6. The monoisotopic (exact) mass is 346 g/mol. The van der Waals surface area contributed by atoms with E-state index in [1.54, 1.807) is 11.3 Å². The maximum Gasteiger partial charge on any atom is 0.321 e. The summed E-state index contributed by atoms with van der Waals surface area (Å²) in [5.41, 5.74) is 1.24. The summed E-state index contributed by atoms with van der Waals surface area (Å²) < 4.78 is 0. The molecule has 4 fully saturated rings. The molecule has 0 radical (unpaired) electrons. The highest BCUT2D eigenvalue weighted by molar-refractivity contribution is 7.15. The molecular formula is C18H26N4OS. The molecule has 0 spiro atoms. The summed E-state index contributed by atoms with van der Waals surface area (Å²) in [6.45, 7) is 2.00. The SMILES string of the molecule is CN1CCc2nc(NC(=O)NC34CC5CC(CC(C5)C3)C4)sc2C1. The molecule has 0 saturated heterocycles. The Morgan fingerprint density at radius 3 is 2.54 bits per heavy atom. The number of anilines is 1. The van der Waals surface area contributed by atoms with Crippen molar-refractivity contribution in [2.24, 2.45) is 17.8 Å². The summed E-state index contributed by atoms with van der Waals surface area (Å²) in [6, 6.07) is -0.0450. The average Bonchev–Trinajstić information content (AvgIpc) is 2.85. The van der Waals surface area contributed by atoms with Gasteiger partial charge in [0.15, 0.2) is 5.13 Å². The van der Waals surface area contributed by atoms with Crippen LogP contribution in [0.15, 0.2) is 0 Å². The Morgan fingerprint density at radius 1 is 1.21 bits per heavy atom. The van der Waals surface area contributed by atoms with Crippen LogP contribution in [-0.2, 0) is 13.0 Å². The van der Waals surface area contributed by atoms with Gasteiger partial charge in [-0.2, -0.15) is 0 Å². The van der Waals surface area contributed by atoms with Crippen LogP contribution >= 0.6 is 11.3 Å². The topological polar surface area (TPSA) is 57.3 Å². The first-order chi connectivity index (χ1) is 11.6. The zero-order valence-corrected chi connectivity index (χ0v) is 15.1. The molecule has 5 aliphatic rings. The highest BCUT2D eigenvalue weighted by atomic mass is 32.1. The van der Waals surface area contributed by atoms with Crippen molar-refractivity contribution >= 4 is 22.5 Å². The summed E-state index contributed by atoms with van der Waals surface area (Å²) in [7, 11) is 2.13. The van der Waals surface area contributed by atoms with E-state index in [9.17, 15) is 4.79 Å². The van der Waals surface area contributed by atoms with Crippen molar-refractivity contribution in [3.63, 3.8) is 0 Å². The standard InChI is InChI=1S/C18H26N4OS/c1-22-3-2-14-15(10-22)24-17(19-14)20-16(23)21-18-7-11-4-12(8-18)6-13(5-11)9-18/h11-13H,2-10H2,1H3,(H2,19,20,21,23). The van der Waals surface area contributed by atoms with Crippen LogP contribution in [0.5, 0.6) is 0 Å². The number of amides is 2. The zero-order chi connectivity index (χ0) is 16.3. The van der Waals surface area contributed by atoms with E-state index in [-0.39, 0.29) is 11.6 Å². The van der Waals surface area contributed by atoms with Crippen LogP contribution in [0.25, 0.3) is 0 Å². The molecule has 1 aromatic rings. The Hall–Kier alpha value is -1.14. The fraction of sp³-hybridized carbons (Fsp3) is 0.778. The predicted octanol–water partition coefficient (Wildman–Crippen LogP) is 3.22. The van der Waals surface area contributed by atoms with Crippen LogP contribution in [0.2, 0.25) is 0 Å². The van der Waals surface area contributed by atoms with E-state index in [4.69, 9.17) is 0 Å². The molecule has 6 rings (SSSR count). The van der Waals surface area contributed by atoms with Crippen molar-refractivity contribution < 1.29 is 4.79 Å². The number of urea groups is 1. The zero-order valence-electron chi connectivity index (χ0n) is 14.3. The van der Waals surface area contributed by atoms with Crippen molar-refractivity contribution in [3.05, 3.63) is 10.6 Å². The van der Waals surface area contributed by atoms with Gasteiger partial charge in [-0.05, 0) is 63.3 Å². The number of carbonyl (C=O) groups is 1. The van der Waals surface area contributed by atoms with E-state index in [1.165, 1.54) is 49.1 Å². The third-order valence-corrected chi connectivity index (χ3v) is 7.56. The second kappa shape index (κ2) is 5.43. The van der Waals surface area contributed by atoms with Gasteiger partial charge in [-0.3, -0.25) is 5.32 Å². The molecule has 130 valence electrons. The normalized spacial score (nSPS) is 37.3. The first-order valence-corrected chi connectivity index (χ1v) is 10.1. The number of carbonyl (C=O) groups excluding carboxylic acids is 1. The van der Waals surface area contributed by atoms with E-state index in [0.29, 0.717) is 0 Å². The highest BCUT2D eigenvalue weighted by Crippen LogP contribution is 2.55. The molecule has 0 unspecified atom stereocenters. The van der Waals surface area contributed by atoms with Gasteiger partial charge in [-0.1, -0.05) is 0 Å². The number of likely N-dealkylation sites (N-methyl/N-ethyl adjacent to an activating group) is 1. The predicted molar refractivity (Wildman–Crippen MR) is 95.2 cm³/mol. The molecule has 5 nitrogen and oxygen atoms in total. The van der Waals surface area contributed by atoms with Crippen LogP contribution in [0.4, 0.5) is 9.93 Å². The maximum atomic E-state index is 12.6. The second-order valence-electron chi connectivity index (χ2n) is 8.65. The molecule has 0 aromatic carbocycles. The summed E-state index contributed by atoms with van der Waals surface area (Å²) in [4.78, 5) is 20.9. The minimum Gasteiger partial charge on any atom is -0.332 e. The third-order valence-electron chi connectivity index (χ3n) is 6.56. The molecule has 24 heavy (non-hydrogen) atoms. The van der Waals surface area contributed by atoms with Crippen LogP contribution < -0.4 is 10.6 Å². The van der Waals surface area contributed by atoms with Crippen LogP contribution in [0, 0.1) is 17.8 Å². The molecule has 2 amide bonds. The highest BCUT2D eigenvalue weighted by Gasteiger charge is 2.51. The smallest absolute Gasteiger partial charge is 0.321 e. The summed E-state index contributed by atoms with van der Waals surface area (Å²) in [6.07, 6.45) is 8.74. The Kier molecular flexibility index (Phi) is 3.42. The molecule has 2 heterocycles. The molecule has 4 saturated carbocycles. The van der Waals surface area contributed by atoms with E-state index >= 15 is 0 Å². The summed E-state index contributed by atoms with van der Waals surface area (Å²) >= 11 is 1.64. The molecule has 2 N–H and O–H groups in total. The molecule has 1 aromatic heterocycles. The van der Waals surface area contributed by atoms with Gasteiger partial charge in [-0.15, -0.1) is 11.3 Å². The van der Waals surface area contributed by atoms with E-state index in [2.05, 4.69) is 27.6 Å². The van der Waals surface area contributed by atoms with E-state index in [0.717, 1.165) is 42.4 Å². The lowest BCUT2D eigenvalue weighted by molar-refractivity contribution is -0.0127. The number of thiazole rings is 1. The second-order valence-corrected chi connectivity index (χ2v) is 9.74. The van der Waals surface area contributed by atoms with Crippen LogP contribution in [0.1, 0.15) is 49.1 Å². The van der Waals surface area contributed by atoms with Gasteiger partial charge in [0, 0.05) is 29.9 Å². The fourth-order valence-electron chi connectivity index (χ4n) is 6.01. The number of aromatic nitrogens is 1. The number of fused-ring (bicyclic) bond motifs is 1. The Bertz CT molecular complexity index is 635. The molecule has 1 aliphatic heterocycles. The fourth-order valence-corrected chi connectivity index (χ4v) is 7.09. The largest absolute Gasteiger partial charge is 0.332 e. The van der Waals surface area contributed by atoms with E-state index in [1.807, 2.05) is 0 Å². The number of nitrogens with zero attached hydrogens (tertiary/aromatic N) is 2. The molecule has 0 atom stereocenters. The molecule has 4 aliphatic carbocycles. The molecule has 4 bridgehead atoms. The molecule has 6 heteroatoms. The van der Waals surface area contributed by atoms with Gasteiger partial charge in [0.25, 0.3) is 0 Å². The summed E-state index contributed by atoms with van der Waals surface area (Å²) in [5, 5.41) is 7.16. The average molecular weight is 347 g/mol. The van der Waals surface area contributed by atoms with Crippen LogP contribution in [-0.4, -0.2) is 35.0 Å². The third kappa shape index (κ3) is 2.64. The number of rotatable bonds is 2. The van der Waals surface area contributed by atoms with Gasteiger partial charge in [0.05, 0.1) is 5.69 Å². The molecular weight excluding hydrogens is 320 g/mol. The van der Waals surface area contributed by atoms with E-state index < -0.39 is 0 Å². The van der Waals surface area contributed by atoms with Crippen molar-refractivity contribution in [3.8, 4) is 0 Å². The van der Waals surface area contributed by atoms with Crippen molar-refractivity contribution in [1.82, 2.24) is 15.2 Å². The number of hydrogen-bond donors (Lipinski definition) is 2. The lowest BCUT2D eigenvalue weighted by atomic mass is 9.53. The van der Waals surface area contributed by atoms with Gasteiger partial charge in [0.2, 0.25) is 0 Å². The minimum absolute atomic E-state index is 0.0450. The Morgan fingerprint density at radius 2 is 1.88 bits per heavy atom. The van der Waals surface area contributed by atoms with Crippen molar-refractivity contribution in [1.29, 1.82) is 0 Å². The lowest BCUT2D eigenvalue weighted by Gasteiger charge is -2.56. The first-order valence-electron chi connectivity index (χ1n) is 9.33. The van der Waals surface area contributed by atoms with Crippen LogP contribution in [0.3, 0.4) is 0 Å². The number of hydrogen-bond acceptors (Lipinski definition) is 4. The Labute approximate surface area is 147 Å².